The van der Waals surface area contributed by atoms with Crippen LogP contribution in [0.4, 0.5) is 5.69 Å². The summed E-state index contributed by atoms with van der Waals surface area (Å²) < 4.78 is 27.4. The van der Waals surface area contributed by atoms with Crippen LogP contribution >= 0.6 is 11.6 Å². The van der Waals surface area contributed by atoms with Crippen molar-refractivity contribution in [2.45, 2.75) is 37.8 Å². The molecular weight excluding hydrogens is 436 g/mol. The van der Waals surface area contributed by atoms with Crippen LogP contribution in [-0.2, 0) is 33.3 Å². The van der Waals surface area contributed by atoms with Crippen molar-refractivity contribution < 1.29 is 13.2 Å². The summed E-state index contributed by atoms with van der Waals surface area (Å²) >= 11 is 6.20. The van der Waals surface area contributed by atoms with Gasteiger partial charge in [-0.3, -0.25) is 9.78 Å². The third-order valence-electron chi connectivity index (χ3n) is 6.20. The number of nitrogens with zero attached hydrogens (tertiary/aromatic N) is 3. The summed E-state index contributed by atoms with van der Waals surface area (Å²) in [6.07, 6.45) is 7.08. The number of nitrogens with one attached hydrogen (secondary N) is 1. The van der Waals surface area contributed by atoms with Crippen molar-refractivity contribution >= 4 is 44.1 Å². The molecule has 1 spiro atoms. The minimum absolute atomic E-state index is 0.143. The lowest BCUT2D eigenvalue weighted by molar-refractivity contribution is -0.120. The quantitative estimate of drug-likeness (QED) is 0.551. The van der Waals surface area contributed by atoms with Crippen molar-refractivity contribution in [3.8, 4) is 0 Å². The first-order valence-corrected chi connectivity index (χ1v) is 12.5. The van der Waals surface area contributed by atoms with Gasteiger partial charge in [-0.1, -0.05) is 11.6 Å². The SMILES string of the molecule is CS(=O)(=O)NCCCn1c(CN2C(=O)C3(CC3)c3ccncc32)cc2cc(Cl)ccc21. The van der Waals surface area contributed by atoms with E-state index in [0.717, 1.165) is 46.9 Å². The maximum absolute atomic E-state index is 13.3. The molecule has 7 nitrogen and oxygen atoms in total. The molecule has 0 bridgehead atoms. The van der Waals surface area contributed by atoms with Gasteiger partial charge in [-0.05, 0) is 55.2 Å². The van der Waals surface area contributed by atoms with E-state index in [9.17, 15) is 13.2 Å². The summed E-state index contributed by atoms with van der Waals surface area (Å²) in [6.45, 7) is 1.41. The van der Waals surface area contributed by atoms with Gasteiger partial charge in [0.1, 0.15) is 0 Å². The summed E-state index contributed by atoms with van der Waals surface area (Å²) in [4.78, 5) is 19.4. The van der Waals surface area contributed by atoms with Crippen LogP contribution in [-0.4, -0.2) is 36.7 Å². The van der Waals surface area contributed by atoms with Crippen LogP contribution in [0.1, 0.15) is 30.5 Å². The van der Waals surface area contributed by atoms with Gasteiger partial charge in [-0.15, -0.1) is 0 Å². The second-order valence-corrected chi connectivity index (χ2v) is 10.6. The summed E-state index contributed by atoms with van der Waals surface area (Å²) in [5.74, 6) is 0.143. The molecule has 0 radical (unpaired) electrons. The molecule has 1 aromatic carbocycles. The molecular formula is C22H23ClN4O3S. The van der Waals surface area contributed by atoms with Gasteiger partial charge >= 0.3 is 0 Å². The third kappa shape index (κ3) is 3.62. The summed E-state index contributed by atoms with van der Waals surface area (Å²) in [5.41, 5.74) is 3.60. The van der Waals surface area contributed by atoms with Crippen molar-refractivity contribution in [2.75, 3.05) is 17.7 Å². The number of hydrogen-bond acceptors (Lipinski definition) is 4. The number of halogens is 1. The molecule has 0 saturated heterocycles. The topological polar surface area (TPSA) is 84.3 Å². The number of aromatic nitrogens is 2. The van der Waals surface area contributed by atoms with Gasteiger partial charge in [-0.25, -0.2) is 13.1 Å². The van der Waals surface area contributed by atoms with Crippen LogP contribution in [0, 0.1) is 0 Å². The fourth-order valence-electron chi connectivity index (χ4n) is 4.60. The molecule has 31 heavy (non-hydrogen) atoms. The van der Waals surface area contributed by atoms with Crippen LogP contribution in [0.2, 0.25) is 5.02 Å². The Morgan fingerprint density at radius 3 is 2.77 bits per heavy atom. The summed E-state index contributed by atoms with van der Waals surface area (Å²) in [5, 5.41) is 1.65. The number of amides is 1. The van der Waals surface area contributed by atoms with Crippen molar-refractivity contribution in [3.63, 3.8) is 0 Å². The monoisotopic (exact) mass is 458 g/mol. The molecule has 1 amide bonds. The molecule has 0 atom stereocenters. The van der Waals surface area contributed by atoms with Crippen LogP contribution in [0.3, 0.4) is 0 Å². The number of carbonyl (C=O) groups is 1. The van der Waals surface area contributed by atoms with Gasteiger partial charge in [-0.2, -0.15) is 0 Å². The molecule has 2 aromatic heterocycles. The van der Waals surface area contributed by atoms with E-state index in [4.69, 9.17) is 11.6 Å². The van der Waals surface area contributed by atoms with Gasteiger partial charge < -0.3 is 9.47 Å². The van der Waals surface area contributed by atoms with E-state index in [1.54, 1.807) is 12.4 Å². The highest BCUT2D eigenvalue weighted by Crippen LogP contribution is 2.57. The Hall–Kier alpha value is -2.42. The van der Waals surface area contributed by atoms with Crippen molar-refractivity contribution in [3.05, 3.63) is 59.0 Å². The van der Waals surface area contributed by atoms with E-state index >= 15 is 0 Å². The first kappa shape index (κ1) is 20.5. The molecule has 1 aliphatic carbocycles. The Bertz CT molecular complexity index is 1300. The zero-order valence-electron chi connectivity index (χ0n) is 17.1. The van der Waals surface area contributed by atoms with E-state index in [0.29, 0.717) is 31.1 Å². The molecule has 0 unspecified atom stereocenters. The first-order valence-electron chi connectivity index (χ1n) is 10.3. The third-order valence-corrected chi connectivity index (χ3v) is 7.17. The minimum Gasteiger partial charge on any atom is -0.343 e. The Balaban J connectivity index is 1.47. The number of hydrogen-bond donors (Lipinski definition) is 1. The fourth-order valence-corrected chi connectivity index (χ4v) is 5.30. The largest absolute Gasteiger partial charge is 0.343 e. The number of rotatable bonds is 7. The minimum atomic E-state index is -3.23. The molecule has 162 valence electrons. The first-order chi connectivity index (χ1) is 14.8. The van der Waals surface area contributed by atoms with E-state index in [2.05, 4.69) is 20.3 Å². The van der Waals surface area contributed by atoms with Crippen LogP contribution in [0.5, 0.6) is 0 Å². The molecule has 1 fully saturated rings. The molecule has 1 aliphatic heterocycles. The van der Waals surface area contributed by atoms with Gasteiger partial charge in [0.15, 0.2) is 0 Å². The highest BCUT2D eigenvalue weighted by Gasteiger charge is 2.59. The molecule has 1 saturated carbocycles. The second kappa shape index (κ2) is 7.32. The number of benzene rings is 1. The molecule has 9 heteroatoms. The summed E-state index contributed by atoms with van der Waals surface area (Å²) in [6, 6.07) is 9.75. The average Bonchev–Trinajstić information content (AvgIpc) is 3.41. The predicted octanol–water partition coefficient (Wildman–Crippen LogP) is 3.21. The van der Waals surface area contributed by atoms with Gasteiger partial charge in [0.25, 0.3) is 0 Å². The van der Waals surface area contributed by atoms with Crippen LogP contribution in [0.25, 0.3) is 10.9 Å². The smallest absolute Gasteiger partial charge is 0.238 e. The zero-order valence-corrected chi connectivity index (χ0v) is 18.7. The Morgan fingerprint density at radius 1 is 1.23 bits per heavy atom. The number of fused-ring (bicyclic) bond motifs is 3. The standard InChI is InChI=1S/C22H23ClN4O3S/c1-31(29,30)25-8-2-10-26-17(12-15-11-16(23)3-4-19(15)26)14-27-20-13-24-9-5-18(20)22(6-7-22)21(27)28/h3-5,9,11-13,25H,2,6-8,10,14H2,1H3. The van der Waals surface area contributed by atoms with Crippen LogP contribution in [0.15, 0.2) is 42.7 Å². The predicted molar refractivity (Wildman–Crippen MR) is 121 cm³/mol. The van der Waals surface area contributed by atoms with Gasteiger partial charge in [0.05, 0.1) is 30.1 Å². The number of carbonyl (C=O) groups excluding carboxylic acids is 1. The number of aryl methyl sites for hydroxylation is 1. The molecule has 5 rings (SSSR count). The lowest BCUT2D eigenvalue weighted by atomic mass is 9.99. The molecule has 3 heterocycles. The number of sulfonamides is 1. The van der Waals surface area contributed by atoms with Gasteiger partial charge in [0, 0.05) is 40.9 Å². The zero-order chi connectivity index (χ0) is 21.8. The van der Waals surface area contributed by atoms with Crippen LogP contribution < -0.4 is 9.62 Å². The van der Waals surface area contributed by atoms with Crippen molar-refractivity contribution in [2.24, 2.45) is 0 Å². The maximum atomic E-state index is 13.3. The van der Waals surface area contributed by atoms with E-state index < -0.39 is 10.0 Å². The molecule has 2 aliphatic rings. The highest BCUT2D eigenvalue weighted by molar-refractivity contribution is 7.88. The van der Waals surface area contributed by atoms with E-state index in [1.807, 2.05) is 29.2 Å². The number of anilines is 1. The maximum Gasteiger partial charge on any atom is 0.238 e. The van der Waals surface area contributed by atoms with Gasteiger partial charge in [0.2, 0.25) is 15.9 Å². The Kier molecular flexibility index (Phi) is 4.84. The molecule has 1 N–H and O–H groups in total. The normalized spacial score (nSPS) is 17.0. The summed E-state index contributed by atoms with van der Waals surface area (Å²) in [7, 11) is -3.23. The Morgan fingerprint density at radius 2 is 2.03 bits per heavy atom. The average molecular weight is 459 g/mol. The van der Waals surface area contributed by atoms with Crippen molar-refractivity contribution in [1.29, 1.82) is 0 Å². The van der Waals surface area contributed by atoms with E-state index in [-0.39, 0.29) is 11.3 Å². The lowest BCUT2D eigenvalue weighted by Gasteiger charge is -2.20. The second-order valence-electron chi connectivity index (χ2n) is 8.38. The number of pyridine rings is 1. The van der Waals surface area contributed by atoms with Crippen molar-refractivity contribution in [1.82, 2.24) is 14.3 Å². The Labute approximate surface area is 186 Å². The lowest BCUT2D eigenvalue weighted by Crippen LogP contribution is -2.32. The fraction of sp³-hybridized carbons (Fsp3) is 0.364. The van der Waals surface area contributed by atoms with E-state index in [1.165, 1.54) is 0 Å². The highest BCUT2D eigenvalue weighted by atomic mass is 35.5. The molecule has 3 aromatic rings.